The second kappa shape index (κ2) is 7.58. The number of aliphatic hydroxyl groups is 1. The van der Waals surface area contributed by atoms with E-state index in [1.165, 1.54) is 0 Å². The lowest BCUT2D eigenvalue weighted by Crippen LogP contribution is -2.69. The average Bonchev–Trinajstić information content (AvgIpc) is 3.59. The maximum atomic E-state index is 12.0. The molecule has 5 unspecified atom stereocenters. The van der Waals surface area contributed by atoms with E-state index in [-0.39, 0.29) is 42.4 Å². The predicted molar refractivity (Wildman–Crippen MR) is 122 cm³/mol. The van der Waals surface area contributed by atoms with Crippen LogP contribution < -0.4 is 0 Å². The number of rotatable bonds is 1. The Balaban J connectivity index is 1.26. The quantitative estimate of drug-likeness (QED) is 0.553. The molecule has 0 aromatic heterocycles. The Bertz CT molecular complexity index is 824. The van der Waals surface area contributed by atoms with Crippen LogP contribution >= 0.6 is 9.47 Å². The minimum Gasteiger partial charge on any atom is -0.393 e. The van der Waals surface area contributed by atoms with Crippen molar-refractivity contribution in [2.75, 3.05) is 33.4 Å². The van der Waals surface area contributed by atoms with Crippen LogP contribution in [0.1, 0.15) is 58.8 Å². The highest BCUT2D eigenvalue weighted by Crippen LogP contribution is 2.72. The van der Waals surface area contributed by atoms with Gasteiger partial charge in [0, 0.05) is 27.7 Å². The van der Waals surface area contributed by atoms with Crippen molar-refractivity contribution >= 4 is 9.47 Å². The first-order valence-electron chi connectivity index (χ1n) is 13.1. The fourth-order valence-electron chi connectivity index (χ4n) is 10.1. The third-order valence-corrected chi connectivity index (χ3v) is 11.9. The Morgan fingerprint density at radius 1 is 0.941 bits per heavy atom. The summed E-state index contributed by atoms with van der Waals surface area (Å²) in [6.07, 6.45) is 5.91. The van der Waals surface area contributed by atoms with Gasteiger partial charge in [-0.1, -0.05) is 13.8 Å². The largest absolute Gasteiger partial charge is 0.393 e. The van der Waals surface area contributed by atoms with Crippen molar-refractivity contribution in [3.63, 3.8) is 0 Å². The molecule has 0 aromatic carbocycles. The molecule has 7 aliphatic rings. The van der Waals surface area contributed by atoms with Crippen LogP contribution in [0.5, 0.6) is 0 Å². The molecule has 3 heterocycles. The minimum atomic E-state index is -0.879. The van der Waals surface area contributed by atoms with Gasteiger partial charge in [0.05, 0.1) is 25.4 Å². The number of hydrogen-bond acceptors (Lipinski definition) is 8. The standard InChI is InChI=1S/C25H39O8P/c1-21-5-6-23(28-7-8-29-23)10-15(21)9-18(33-34)19-16-3-4-24(22(16,2)11-17(26)20(19)21)25(32-14-30-24)12-27-13-31-25/h15-20,26H,3-14,34H2,1-2H3/t15-,16?,17+,18-,19?,20?,21+,22+,24-,25?/m1/s1. The molecule has 0 radical (unpaired) electrons. The van der Waals surface area contributed by atoms with E-state index < -0.39 is 23.3 Å². The molecule has 0 bridgehead atoms. The zero-order valence-corrected chi connectivity index (χ0v) is 21.5. The number of ether oxygens (including phenoxy) is 6. The maximum Gasteiger partial charge on any atom is 0.226 e. The van der Waals surface area contributed by atoms with Gasteiger partial charge in [-0.15, -0.1) is 0 Å². The van der Waals surface area contributed by atoms with Crippen LogP contribution in [0, 0.1) is 34.5 Å². The molecule has 7 rings (SSSR count). The molecule has 0 aromatic rings. The minimum absolute atomic E-state index is 0.0269. The first kappa shape index (κ1) is 23.2. The summed E-state index contributed by atoms with van der Waals surface area (Å²) < 4.78 is 42.8. The van der Waals surface area contributed by atoms with Gasteiger partial charge < -0.3 is 38.1 Å². The van der Waals surface area contributed by atoms with E-state index in [0.717, 1.165) is 38.5 Å². The molecular formula is C25H39O8P. The third-order valence-electron chi connectivity index (χ3n) is 11.6. The predicted octanol–water partition coefficient (Wildman–Crippen LogP) is 2.97. The average molecular weight is 499 g/mol. The normalized spacial score (nSPS) is 57.9. The number of hydrogen-bond donors (Lipinski definition) is 1. The van der Waals surface area contributed by atoms with Gasteiger partial charge in [-0.25, -0.2) is 0 Å². The molecule has 3 spiro atoms. The monoisotopic (exact) mass is 498 g/mol. The lowest BCUT2D eigenvalue weighted by Gasteiger charge is -2.65. The Morgan fingerprint density at radius 3 is 2.47 bits per heavy atom. The summed E-state index contributed by atoms with van der Waals surface area (Å²) in [5, 5.41) is 12.0. The van der Waals surface area contributed by atoms with Crippen LogP contribution in [0.2, 0.25) is 0 Å². The van der Waals surface area contributed by atoms with E-state index in [2.05, 4.69) is 23.3 Å². The zero-order valence-electron chi connectivity index (χ0n) is 20.3. The van der Waals surface area contributed by atoms with Gasteiger partial charge in [-0.3, -0.25) is 0 Å². The number of fused-ring (bicyclic) bond motifs is 7. The van der Waals surface area contributed by atoms with E-state index in [1.807, 2.05) is 0 Å². The van der Waals surface area contributed by atoms with Gasteiger partial charge in [-0.05, 0) is 61.2 Å². The fraction of sp³-hybridized carbons (Fsp3) is 1.00. The van der Waals surface area contributed by atoms with E-state index in [0.29, 0.717) is 38.1 Å². The van der Waals surface area contributed by atoms with Crippen molar-refractivity contribution in [2.24, 2.45) is 34.5 Å². The lowest BCUT2D eigenvalue weighted by molar-refractivity contribution is -0.280. The van der Waals surface area contributed by atoms with Gasteiger partial charge in [0.15, 0.2) is 19.4 Å². The van der Waals surface area contributed by atoms with Crippen LogP contribution in [-0.4, -0.2) is 67.9 Å². The smallest absolute Gasteiger partial charge is 0.226 e. The molecule has 34 heavy (non-hydrogen) atoms. The number of aliphatic hydroxyl groups excluding tert-OH is 1. The van der Waals surface area contributed by atoms with E-state index in [4.69, 9.17) is 32.9 Å². The molecular weight excluding hydrogens is 459 g/mol. The first-order chi connectivity index (χ1) is 16.3. The van der Waals surface area contributed by atoms with Crippen LogP contribution in [0.15, 0.2) is 0 Å². The summed E-state index contributed by atoms with van der Waals surface area (Å²) >= 11 is 0. The SMILES string of the molecule is C[C@]12C[C@H](O)C3C(C1CC[C@@]21OCOC12COCO2)[C@H](OP)C[C@@H]1CC2(CC[C@]31C)OCCO2. The van der Waals surface area contributed by atoms with Gasteiger partial charge in [0.25, 0.3) is 0 Å². The van der Waals surface area contributed by atoms with E-state index >= 15 is 0 Å². The summed E-state index contributed by atoms with van der Waals surface area (Å²) in [6, 6.07) is 0. The summed E-state index contributed by atoms with van der Waals surface area (Å²) in [7, 11) is 2.54. The first-order valence-corrected chi connectivity index (χ1v) is 13.6. The van der Waals surface area contributed by atoms with Crippen LogP contribution in [0.25, 0.3) is 0 Å². The van der Waals surface area contributed by atoms with Crippen molar-refractivity contribution in [2.45, 2.75) is 88.2 Å². The highest BCUT2D eigenvalue weighted by molar-refractivity contribution is 7.09. The van der Waals surface area contributed by atoms with Crippen LogP contribution in [0.4, 0.5) is 0 Å². The molecule has 4 aliphatic carbocycles. The van der Waals surface area contributed by atoms with Gasteiger partial charge >= 0.3 is 0 Å². The fourth-order valence-corrected chi connectivity index (χ4v) is 10.4. The van der Waals surface area contributed by atoms with Gasteiger partial charge in [0.2, 0.25) is 5.79 Å². The van der Waals surface area contributed by atoms with Crippen molar-refractivity contribution in [1.29, 1.82) is 0 Å². The molecule has 11 atom stereocenters. The Hall–Kier alpha value is 0.110. The summed E-state index contributed by atoms with van der Waals surface area (Å²) in [5.41, 5.74) is -0.881. The van der Waals surface area contributed by atoms with Crippen molar-refractivity contribution in [1.82, 2.24) is 0 Å². The van der Waals surface area contributed by atoms with Crippen molar-refractivity contribution in [3.05, 3.63) is 0 Å². The third kappa shape index (κ3) is 2.71. The molecule has 7 fully saturated rings. The zero-order chi connectivity index (χ0) is 23.4. The molecule has 8 nitrogen and oxygen atoms in total. The van der Waals surface area contributed by atoms with Crippen LogP contribution in [-0.2, 0) is 32.9 Å². The summed E-state index contributed by atoms with van der Waals surface area (Å²) in [6.45, 7) is 6.89. The maximum absolute atomic E-state index is 12.0. The molecule has 3 aliphatic heterocycles. The van der Waals surface area contributed by atoms with Crippen molar-refractivity contribution in [3.8, 4) is 0 Å². The molecule has 4 saturated carbocycles. The Kier molecular flexibility index (Phi) is 5.18. The summed E-state index contributed by atoms with van der Waals surface area (Å²) in [5.74, 6) is -0.158. The second-order valence-electron chi connectivity index (χ2n) is 12.5. The highest BCUT2D eigenvalue weighted by Gasteiger charge is 2.78. The van der Waals surface area contributed by atoms with Gasteiger partial charge in [0.1, 0.15) is 12.2 Å². The Labute approximate surface area is 203 Å². The lowest BCUT2D eigenvalue weighted by atomic mass is 9.42. The Morgan fingerprint density at radius 2 is 1.74 bits per heavy atom. The molecule has 192 valence electrons. The van der Waals surface area contributed by atoms with Crippen LogP contribution in [0.3, 0.4) is 0 Å². The molecule has 0 amide bonds. The summed E-state index contributed by atoms with van der Waals surface area (Å²) in [4.78, 5) is 0. The van der Waals surface area contributed by atoms with Gasteiger partial charge in [-0.2, -0.15) is 0 Å². The molecule has 1 N–H and O–H groups in total. The highest BCUT2D eigenvalue weighted by atomic mass is 31.0. The second-order valence-corrected chi connectivity index (χ2v) is 12.7. The van der Waals surface area contributed by atoms with E-state index in [9.17, 15) is 5.11 Å². The molecule has 3 saturated heterocycles. The van der Waals surface area contributed by atoms with Crippen molar-refractivity contribution < 1.29 is 38.1 Å². The molecule has 9 heteroatoms. The van der Waals surface area contributed by atoms with E-state index in [1.54, 1.807) is 0 Å². The topological polar surface area (TPSA) is 84.8 Å².